The van der Waals surface area contributed by atoms with Crippen LogP contribution in [0.2, 0.25) is 0 Å². The zero-order chi connectivity index (χ0) is 21.9. The minimum absolute atomic E-state index is 0.241. The summed E-state index contributed by atoms with van der Waals surface area (Å²) in [5.74, 6) is 0.733. The molecule has 7 heteroatoms. The van der Waals surface area contributed by atoms with Crippen molar-refractivity contribution >= 4 is 5.96 Å². The van der Waals surface area contributed by atoms with Gasteiger partial charge in [0, 0.05) is 31.9 Å². The van der Waals surface area contributed by atoms with Crippen LogP contribution in [0.4, 0.5) is 0 Å². The zero-order valence-corrected chi connectivity index (χ0v) is 18.2. The monoisotopic (exact) mass is 421 g/mol. The fourth-order valence-corrected chi connectivity index (χ4v) is 3.11. The van der Waals surface area contributed by atoms with Crippen molar-refractivity contribution in [3.8, 4) is 5.69 Å². The van der Waals surface area contributed by atoms with Crippen LogP contribution >= 0.6 is 0 Å². The Morgan fingerprint density at radius 2 is 1.84 bits per heavy atom. The Labute approximate surface area is 184 Å². The van der Waals surface area contributed by atoms with Crippen molar-refractivity contribution < 1.29 is 9.84 Å². The lowest BCUT2D eigenvalue weighted by Crippen LogP contribution is -2.39. The summed E-state index contributed by atoms with van der Waals surface area (Å²) in [7, 11) is 1.97. The van der Waals surface area contributed by atoms with Crippen LogP contribution in [0.5, 0.6) is 0 Å². The van der Waals surface area contributed by atoms with Crippen molar-refractivity contribution in [2.75, 3.05) is 26.7 Å². The Hall–Kier alpha value is -3.16. The predicted molar refractivity (Wildman–Crippen MR) is 123 cm³/mol. The lowest BCUT2D eigenvalue weighted by Gasteiger charge is -2.22. The zero-order valence-electron chi connectivity index (χ0n) is 18.2. The maximum atomic E-state index is 10.3. The van der Waals surface area contributed by atoms with E-state index in [-0.39, 0.29) is 13.2 Å². The van der Waals surface area contributed by atoms with E-state index in [0.29, 0.717) is 13.2 Å². The first-order chi connectivity index (χ1) is 15.2. The minimum atomic E-state index is -0.661. The fraction of sp³-hybridized carbons (Fsp3) is 0.333. The highest BCUT2D eigenvalue weighted by Crippen LogP contribution is 2.09. The van der Waals surface area contributed by atoms with Gasteiger partial charge in [0.25, 0.3) is 0 Å². The van der Waals surface area contributed by atoms with Gasteiger partial charge in [0.2, 0.25) is 0 Å². The van der Waals surface area contributed by atoms with Gasteiger partial charge in [-0.05, 0) is 24.6 Å². The summed E-state index contributed by atoms with van der Waals surface area (Å²) in [6, 6.07) is 19.9. The molecule has 0 aliphatic heterocycles. The Morgan fingerprint density at radius 1 is 1.13 bits per heavy atom. The molecule has 164 valence electrons. The Balaban J connectivity index is 1.51. The second-order valence-electron chi connectivity index (χ2n) is 7.33. The van der Waals surface area contributed by atoms with E-state index < -0.39 is 6.10 Å². The Morgan fingerprint density at radius 3 is 2.55 bits per heavy atom. The molecule has 0 fully saturated rings. The molecular formula is C24H31N5O2. The van der Waals surface area contributed by atoms with E-state index in [1.165, 1.54) is 0 Å². The van der Waals surface area contributed by atoms with Crippen LogP contribution in [-0.2, 0) is 17.9 Å². The lowest BCUT2D eigenvalue weighted by atomic mass is 10.2. The molecule has 0 saturated carbocycles. The van der Waals surface area contributed by atoms with E-state index in [2.05, 4.69) is 15.4 Å². The number of aliphatic hydroxyl groups is 1. The molecule has 7 nitrogen and oxygen atoms in total. The summed E-state index contributed by atoms with van der Waals surface area (Å²) in [6.45, 7) is 4.41. The van der Waals surface area contributed by atoms with Crippen molar-refractivity contribution in [2.45, 2.75) is 26.2 Å². The summed E-state index contributed by atoms with van der Waals surface area (Å²) in [6.07, 6.45) is 3.22. The highest BCUT2D eigenvalue weighted by atomic mass is 16.5. The van der Waals surface area contributed by atoms with E-state index >= 15 is 0 Å². The predicted octanol–water partition coefficient (Wildman–Crippen LogP) is 2.85. The van der Waals surface area contributed by atoms with Crippen LogP contribution in [0, 0.1) is 0 Å². The average molecular weight is 422 g/mol. The van der Waals surface area contributed by atoms with Crippen LogP contribution in [0.3, 0.4) is 0 Å². The highest BCUT2D eigenvalue weighted by molar-refractivity contribution is 5.79. The lowest BCUT2D eigenvalue weighted by molar-refractivity contribution is 0.0330. The van der Waals surface area contributed by atoms with Crippen molar-refractivity contribution in [2.24, 2.45) is 4.99 Å². The third-order valence-corrected chi connectivity index (χ3v) is 4.65. The van der Waals surface area contributed by atoms with Gasteiger partial charge in [-0.15, -0.1) is 0 Å². The van der Waals surface area contributed by atoms with Crippen molar-refractivity contribution in [3.63, 3.8) is 0 Å². The molecule has 1 heterocycles. The van der Waals surface area contributed by atoms with E-state index in [1.807, 2.05) is 96.6 Å². The molecule has 2 N–H and O–H groups in total. The van der Waals surface area contributed by atoms with Gasteiger partial charge in [0.15, 0.2) is 5.96 Å². The first kappa shape index (κ1) is 22.5. The van der Waals surface area contributed by atoms with Gasteiger partial charge in [0.05, 0.1) is 37.7 Å². The molecule has 0 aliphatic rings. The van der Waals surface area contributed by atoms with E-state index in [4.69, 9.17) is 4.74 Å². The third-order valence-electron chi connectivity index (χ3n) is 4.65. The Bertz CT molecular complexity index is 927. The summed E-state index contributed by atoms with van der Waals surface area (Å²) in [5.41, 5.74) is 3.18. The smallest absolute Gasteiger partial charge is 0.194 e. The SMILES string of the molecule is CCNC(=NCC(O)COCc1ccccc1)N(C)Cc1cnn(-c2ccccc2)c1. The number of guanidine groups is 1. The van der Waals surface area contributed by atoms with Gasteiger partial charge in [-0.1, -0.05) is 48.5 Å². The van der Waals surface area contributed by atoms with Crippen LogP contribution in [-0.4, -0.2) is 58.6 Å². The molecular weight excluding hydrogens is 390 g/mol. The van der Waals surface area contributed by atoms with Crippen LogP contribution < -0.4 is 5.32 Å². The number of benzene rings is 2. The molecule has 3 rings (SSSR count). The number of hydrogen-bond donors (Lipinski definition) is 2. The number of nitrogens with one attached hydrogen (secondary N) is 1. The van der Waals surface area contributed by atoms with Gasteiger partial charge in [-0.2, -0.15) is 5.10 Å². The van der Waals surface area contributed by atoms with E-state index in [1.54, 1.807) is 0 Å². The van der Waals surface area contributed by atoms with Crippen molar-refractivity contribution in [3.05, 3.63) is 84.2 Å². The first-order valence-corrected chi connectivity index (χ1v) is 10.5. The topological polar surface area (TPSA) is 74.9 Å². The number of aliphatic imine (C=N–C) groups is 1. The highest BCUT2D eigenvalue weighted by Gasteiger charge is 2.11. The quantitative estimate of drug-likeness (QED) is 0.389. The number of ether oxygens (including phenoxy) is 1. The van der Waals surface area contributed by atoms with Crippen molar-refractivity contribution in [1.82, 2.24) is 20.0 Å². The molecule has 0 spiro atoms. The first-order valence-electron chi connectivity index (χ1n) is 10.5. The van der Waals surface area contributed by atoms with Crippen LogP contribution in [0.1, 0.15) is 18.1 Å². The number of aliphatic hydroxyl groups excluding tert-OH is 1. The van der Waals surface area contributed by atoms with Gasteiger partial charge in [-0.25, -0.2) is 4.68 Å². The van der Waals surface area contributed by atoms with E-state index in [9.17, 15) is 5.11 Å². The van der Waals surface area contributed by atoms with Crippen LogP contribution in [0.15, 0.2) is 78.0 Å². The number of hydrogen-bond acceptors (Lipinski definition) is 4. The largest absolute Gasteiger partial charge is 0.389 e. The fourth-order valence-electron chi connectivity index (χ4n) is 3.11. The second-order valence-corrected chi connectivity index (χ2v) is 7.33. The second kappa shape index (κ2) is 11.9. The molecule has 0 aliphatic carbocycles. The summed E-state index contributed by atoms with van der Waals surface area (Å²) >= 11 is 0. The Kier molecular flexibility index (Phi) is 8.63. The molecule has 1 aromatic heterocycles. The number of aromatic nitrogens is 2. The molecule has 0 radical (unpaired) electrons. The van der Waals surface area contributed by atoms with Gasteiger partial charge in [-0.3, -0.25) is 4.99 Å². The maximum absolute atomic E-state index is 10.3. The van der Waals surface area contributed by atoms with E-state index in [0.717, 1.165) is 29.3 Å². The number of nitrogens with zero attached hydrogens (tertiary/aromatic N) is 4. The summed E-state index contributed by atoms with van der Waals surface area (Å²) in [4.78, 5) is 6.60. The summed E-state index contributed by atoms with van der Waals surface area (Å²) < 4.78 is 7.47. The number of rotatable bonds is 10. The molecule has 1 atom stereocenters. The summed E-state index contributed by atoms with van der Waals surface area (Å²) in [5, 5.41) is 18.0. The van der Waals surface area contributed by atoms with Crippen LogP contribution in [0.25, 0.3) is 5.69 Å². The van der Waals surface area contributed by atoms with Gasteiger partial charge in [0.1, 0.15) is 0 Å². The molecule has 3 aromatic rings. The maximum Gasteiger partial charge on any atom is 0.194 e. The molecule has 31 heavy (non-hydrogen) atoms. The van der Waals surface area contributed by atoms with Gasteiger partial charge >= 0.3 is 0 Å². The minimum Gasteiger partial charge on any atom is -0.389 e. The molecule has 0 amide bonds. The average Bonchev–Trinajstić information content (AvgIpc) is 3.26. The molecule has 0 saturated heterocycles. The van der Waals surface area contributed by atoms with Crippen molar-refractivity contribution in [1.29, 1.82) is 0 Å². The normalized spacial score (nSPS) is 12.5. The standard InChI is InChI=1S/C24H31N5O2/c1-3-25-24(26-15-23(30)19-31-18-20-10-6-4-7-11-20)28(2)16-21-14-27-29(17-21)22-12-8-5-9-13-22/h4-14,17,23,30H,3,15-16,18-19H2,1-2H3,(H,25,26). The van der Waals surface area contributed by atoms with Gasteiger partial charge < -0.3 is 20.1 Å². The molecule has 1 unspecified atom stereocenters. The number of para-hydroxylation sites is 1. The third kappa shape index (κ3) is 7.24. The molecule has 0 bridgehead atoms. The molecule has 2 aromatic carbocycles.